The summed E-state index contributed by atoms with van der Waals surface area (Å²) in [5, 5.41) is 0. The van der Waals surface area contributed by atoms with Gasteiger partial charge in [0.2, 0.25) is 0 Å². The summed E-state index contributed by atoms with van der Waals surface area (Å²) < 4.78 is 13.3. The summed E-state index contributed by atoms with van der Waals surface area (Å²) in [7, 11) is 3.58. The van der Waals surface area contributed by atoms with E-state index >= 15 is 0 Å². The summed E-state index contributed by atoms with van der Waals surface area (Å²) in [5.41, 5.74) is 0.899. The van der Waals surface area contributed by atoms with Gasteiger partial charge in [-0.25, -0.2) is 0 Å². The highest BCUT2D eigenvalue weighted by atomic mass is 32.2. The number of hydrogen-bond donors (Lipinski definition) is 0. The first-order chi connectivity index (χ1) is 7.15. The molecule has 1 unspecified atom stereocenters. The summed E-state index contributed by atoms with van der Waals surface area (Å²) in [6.45, 7) is 2.04. The van der Waals surface area contributed by atoms with Crippen molar-refractivity contribution in [3.63, 3.8) is 0 Å². The summed E-state index contributed by atoms with van der Waals surface area (Å²) in [5.74, 6) is 0. The van der Waals surface area contributed by atoms with E-state index in [9.17, 15) is 4.55 Å². The predicted molar refractivity (Wildman–Crippen MR) is 65.0 cm³/mol. The van der Waals surface area contributed by atoms with Crippen LogP contribution in [0.15, 0.2) is 34.2 Å². The van der Waals surface area contributed by atoms with Gasteiger partial charge in [0.1, 0.15) is 0 Å². The standard InChI is InChI=1S/C11H16N2OS/c1-4-9-12-10-5-7-11(8-6-10)15(14)13(2)3/h5-9H,4H2,1-3H3/b12-9+. The van der Waals surface area contributed by atoms with Crippen LogP contribution in [-0.4, -0.2) is 29.2 Å². The van der Waals surface area contributed by atoms with Crippen molar-refractivity contribution in [2.45, 2.75) is 18.2 Å². The molecule has 0 aliphatic heterocycles. The van der Waals surface area contributed by atoms with Gasteiger partial charge in [0.15, 0.2) is 4.90 Å². The van der Waals surface area contributed by atoms with Gasteiger partial charge in [0, 0.05) is 20.3 Å². The molecule has 1 rings (SSSR count). The van der Waals surface area contributed by atoms with Crippen LogP contribution in [0.25, 0.3) is 0 Å². The minimum Gasteiger partial charge on any atom is -0.593 e. The molecule has 1 aromatic rings. The SMILES string of the molecule is CC/C=N/c1ccc([S+]([O-])N(C)C)cc1. The van der Waals surface area contributed by atoms with Crippen LogP contribution in [0.1, 0.15) is 13.3 Å². The molecule has 15 heavy (non-hydrogen) atoms. The molecule has 0 amide bonds. The fourth-order valence-corrected chi connectivity index (χ4v) is 1.85. The minimum absolute atomic E-state index is 0.801. The van der Waals surface area contributed by atoms with Gasteiger partial charge in [0.05, 0.1) is 17.0 Å². The fraction of sp³-hybridized carbons (Fsp3) is 0.364. The lowest BCUT2D eigenvalue weighted by molar-refractivity contribution is 0.520. The molecule has 0 spiro atoms. The van der Waals surface area contributed by atoms with E-state index in [0.717, 1.165) is 17.0 Å². The molecule has 0 bridgehead atoms. The average molecular weight is 224 g/mol. The van der Waals surface area contributed by atoms with Crippen LogP contribution in [0.5, 0.6) is 0 Å². The molecular weight excluding hydrogens is 208 g/mol. The van der Waals surface area contributed by atoms with Crippen LogP contribution >= 0.6 is 0 Å². The van der Waals surface area contributed by atoms with Crippen LogP contribution in [-0.2, 0) is 11.4 Å². The van der Waals surface area contributed by atoms with Gasteiger partial charge < -0.3 is 4.55 Å². The summed E-state index contributed by atoms with van der Waals surface area (Å²) in [6.07, 6.45) is 2.78. The summed E-state index contributed by atoms with van der Waals surface area (Å²) in [6, 6.07) is 7.45. The first kappa shape index (κ1) is 12.2. The number of aliphatic imine (C=N–C) groups is 1. The van der Waals surface area contributed by atoms with E-state index in [0.29, 0.717) is 0 Å². The molecule has 3 nitrogen and oxygen atoms in total. The second-order valence-corrected chi connectivity index (χ2v) is 4.98. The van der Waals surface area contributed by atoms with Gasteiger partial charge in [-0.1, -0.05) is 6.92 Å². The van der Waals surface area contributed by atoms with E-state index in [1.165, 1.54) is 0 Å². The molecule has 0 saturated heterocycles. The average Bonchev–Trinajstić information content (AvgIpc) is 2.26. The highest BCUT2D eigenvalue weighted by molar-refractivity contribution is 7.89. The monoisotopic (exact) mass is 224 g/mol. The van der Waals surface area contributed by atoms with Crippen molar-refractivity contribution in [3.8, 4) is 0 Å². The Morgan fingerprint density at radius 2 is 1.93 bits per heavy atom. The summed E-state index contributed by atoms with van der Waals surface area (Å²) in [4.78, 5) is 5.03. The van der Waals surface area contributed by atoms with Gasteiger partial charge in [-0.15, -0.1) is 4.31 Å². The lowest BCUT2D eigenvalue weighted by atomic mass is 10.3. The molecule has 0 aromatic heterocycles. The lowest BCUT2D eigenvalue weighted by Gasteiger charge is -2.14. The molecule has 0 saturated carbocycles. The zero-order valence-corrected chi connectivity index (χ0v) is 10.1. The fourth-order valence-electron chi connectivity index (χ4n) is 1.06. The second-order valence-electron chi connectivity index (χ2n) is 3.28. The molecular formula is C11H16N2OS. The Kier molecular flexibility index (Phi) is 4.81. The maximum absolute atomic E-state index is 11.7. The Bertz CT molecular complexity index is 322. The molecule has 0 N–H and O–H groups in total. The molecule has 0 radical (unpaired) electrons. The molecule has 0 fully saturated rings. The first-order valence-electron chi connectivity index (χ1n) is 4.87. The van der Waals surface area contributed by atoms with Crippen molar-refractivity contribution in [1.29, 1.82) is 0 Å². The van der Waals surface area contributed by atoms with Crippen LogP contribution < -0.4 is 0 Å². The molecule has 0 aliphatic carbocycles. The van der Waals surface area contributed by atoms with E-state index in [-0.39, 0.29) is 0 Å². The number of hydrogen-bond acceptors (Lipinski definition) is 3. The Hall–Kier alpha value is -0.840. The normalized spacial score (nSPS) is 13.7. The second kappa shape index (κ2) is 5.90. The highest BCUT2D eigenvalue weighted by Gasteiger charge is 2.13. The molecule has 0 aliphatic rings. The Morgan fingerprint density at radius 3 is 2.40 bits per heavy atom. The van der Waals surface area contributed by atoms with Crippen molar-refractivity contribution in [1.82, 2.24) is 4.31 Å². The van der Waals surface area contributed by atoms with Crippen molar-refractivity contribution < 1.29 is 4.55 Å². The molecule has 0 heterocycles. The third kappa shape index (κ3) is 3.66. The predicted octanol–water partition coefficient (Wildman–Crippen LogP) is 2.38. The van der Waals surface area contributed by atoms with E-state index in [2.05, 4.69) is 4.99 Å². The van der Waals surface area contributed by atoms with E-state index in [1.807, 2.05) is 37.4 Å². The quantitative estimate of drug-likeness (QED) is 0.582. The van der Waals surface area contributed by atoms with Gasteiger partial charge in [-0.05, 0) is 30.7 Å². The minimum atomic E-state index is -1.07. The van der Waals surface area contributed by atoms with Crippen molar-refractivity contribution in [2.75, 3.05) is 14.1 Å². The first-order valence-corrected chi connectivity index (χ1v) is 5.97. The van der Waals surface area contributed by atoms with Crippen LogP contribution in [0.3, 0.4) is 0 Å². The third-order valence-electron chi connectivity index (χ3n) is 1.79. The van der Waals surface area contributed by atoms with Gasteiger partial charge in [-0.2, -0.15) is 0 Å². The van der Waals surface area contributed by atoms with Crippen molar-refractivity contribution in [2.24, 2.45) is 4.99 Å². The van der Waals surface area contributed by atoms with E-state index < -0.39 is 11.4 Å². The smallest absolute Gasteiger partial charge is 0.174 e. The molecule has 1 atom stereocenters. The van der Waals surface area contributed by atoms with Gasteiger partial charge in [-0.3, -0.25) is 4.99 Å². The largest absolute Gasteiger partial charge is 0.593 e. The van der Waals surface area contributed by atoms with Crippen LogP contribution in [0.2, 0.25) is 0 Å². The highest BCUT2D eigenvalue weighted by Crippen LogP contribution is 2.18. The van der Waals surface area contributed by atoms with Crippen LogP contribution in [0.4, 0.5) is 5.69 Å². The maximum atomic E-state index is 11.7. The van der Waals surface area contributed by atoms with Gasteiger partial charge >= 0.3 is 0 Å². The number of nitrogens with zero attached hydrogens (tertiary/aromatic N) is 2. The van der Waals surface area contributed by atoms with Crippen molar-refractivity contribution >= 4 is 23.3 Å². The van der Waals surface area contributed by atoms with E-state index in [4.69, 9.17) is 0 Å². The lowest BCUT2D eigenvalue weighted by Crippen LogP contribution is -2.21. The zero-order chi connectivity index (χ0) is 11.3. The topological polar surface area (TPSA) is 38.7 Å². The van der Waals surface area contributed by atoms with Gasteiger partial charge in [0.25, 0.3) is 0 Å². The molecule has 82 valence electrons. The number of rotatable bonds is 4. The third-order valence-corrected chi connectivity index (χ3v) is 3.13. The zero-order valence-electron chi connectivity index (χ0n) is 9.30. The Balaban J connectivity index is 2.76. The summed E-state index contributed by atoms with van der Waals surface area (Å²) >= 11 is -1.07. The molecule has 1 aromatic carbocycles. The van der Waals surface area contributed by atoms with Crippen molar-refractivity contribution in [3.05, 3.63) is 24.3 Å². The number of benzene rings is 1. The van der Waals surface area contributed by atoms with Crippen LogP contribution in [0, 0.1) is 0 Å². The maximum Gasteiger partial charge on any atom is 0.174 e. The molecule has 4 heteroatoms. The Morgan fingerprint density at radius 1 is 1.33 bits per heavy atom. The Labute approximate surface area is 94.1 Å². The van der Waals surface area contributed by atoms with E-state index in [1.54, 1.807) is 18.4 Å².